The minimum absolute atomic E-state index is 0.0286. The molecular formula is C17H9F3O5. The van der Waals surface area contributed by atoms with E-state index >= 15 is 0 Å². The quantitative estimate of drug-likeness (QED) is 0.629. The van der Waals surface area contributed by atoms with E-state index in [1.807, 2.05) is 0 Å². The Hall–Kier alpha value is -3.16. The van der Waals surface area contributed by atoms with Crippen LogP contribution in [0.4, 0.5) is 18.0 Å². The molecule has 128 valence electrons. The van der Waals surface area contributed by atoms with Crippen LogP contribution in [-0.2, 0) is 4.74 Å². The lowest BCUT2D eigenvalue weighted by Gasteiger charge is -2.27. The molecule has 0 aliphatic carbocycles. The minimum Gasteiger partial charge on any atom is -0.472 e. The average molecular weight is 350 g/mol. The number of hydrogen-bond donors (Lipinski definition) is 1. The predicted octanol–water partition coefficient (Wildman–Crippen LogP) is 4.94. The molecule has 1 N–H and O–H groups in total. The molecule has 2 heterocycles. The highest BCUT2D eigenvalue weighted by Crippen LogP contribution is 2.43. The number of carbonyl (C=O) groups is 1. The zero-order valence-corrected chi connectivity index (χ0v) is 12.3. The lowest BCUT2D eigenvalue weighted by atomic mass is 10.0. The lowest BCUT2D eigenvalue weighted by Crippen LogP contribution is -2.39. The second kappa shape index (κ2) is 5.17. The van der Waals surface area contributed by atoms with E-state index in [4.69, 9.17) is 14.3 Å². The maximum atomic E-state index is 13.2. The Morgan fingerprint density at radius 1 is 1.12 bits per heavy atom. The van der Waals surface area contributed by atoms with Gasteiger partial charge >= 0.3 is 12.3 Å². The molecule has 0 fully saturated rings. The predicted molar refractivity (Wildman–Crippen MR) is 81.3 cm³/mol. The van der Waals surface area contributed by atoms with Crippen molar-refractivity contribution in [3.05, 3.63) is 47.7 Å². The van der Waals surface area contributed by atoms with Crippen LogP contribution in [0.25, 0.3) is 28.0 Å². The highest BCUT2D eigenvalue weighted by Gasteiger charge is 2.48. The van der Waals surface area contributed by atoms with Gasteiger partial charge in [0.05, 0.1) is 0 Å². The van der Waals surface area contributed by atoms with Crippen molar-refractivity contribution in [3.8, 4) is 5.75 Å². The van der Waals surface area contributed by atoms with Crippen LogP contribution >= 0.6 is 0 Å². The SMILES string of the molecule is O=C(O)OC1=Cc2c(ccc3oc4ccccc4c23)OC1C(F)(F)F. The van der Waals surface area contributed by atoms with Gasteiger partial charge in [0.1, 0.15) is 16.9 Å². The Morgan fingerprint density at radius 2 is 1.88 bits per heavy atom. The number of halogens is 3. The summed E-state index contributed by atoms with van der Waals surface area (Å²) in [6.07, 6.45) is -8.13. The molecule has 0 spiro atoms. The molecule has 5 nitrogen and oxygen atoms in total. The van der Waals surface area contributed by atoms with E-state index in [1.165, 1.54) is 12.1 Å². The van der Waals surface area contributed by atoms with Crippen LogP contribution in [0.15, 0.2) is 46.6 Å². The van der Waals surface area contributed by atoms with Gasteiger partial charge in [-0.15, -0.1) is 0 Å². The van der Waals surface area contributed by atoms with Gasteiger partial charge in [-0.1, -0.05) is 18.2 Å². The topological polar surface area (TPSA) is 68.9 Å². The molecule has 1 aliphatic rings. The lowest BCUT2D eigenvalue weighted by molar-refractivity contribution is -0.191. The van der Waals surface area contributed by atoms with E-state index in [0.29, 0.717) is 21.9 Å². The van der Waals surface area contributed by atoms with Crippen LogP contribution in [0, 0.1) is 0 Å². The maximum absolute atomic E-state index is 13.2. The van der Waals surface area contributed by atoms with Crippen LogP contribution in [0.2, 0.25) is 0 Å². The van der Waals surface area contributed by atoms with Gasteiger partial charge in [0.2, 0.25) is 0 Å². The normalized spacial score (nSPS) is 17.1. The van der Waals surface area contributed by atoms with Crippen molar-refractivity contribution in [2.75, 3.05) is 0 Å². The number of para-hydroxylation sites is 1. The van der Waals surface area contributed by atoms with Crippen molar-refractivity contribution in [3.63, 3.8) is 0 Å². The first-order valence-electron chi connectivity index (χ1n) is 7.14. The van der Waals surface area contributed by atoms with Crippen LogP contribution in [0.1, 0.15) is 5.56 Å². The molecule has 2 aromatic carbocycles. The van der Waals surface area contributed by atoms with Crippen LogP contribution < -0.4 is 4.74 Å². The monoisotopic (exact) mass is 350 g/mol. The Morgan fingerprint density at radius 3 is 2.60 bits per heavy atom. The molecule has 0 bridgehead atoms. The van der Waals surface area contributed by atoms with Gasteiger partial charge < -0.3 is 19.0 Å². The summed E-state index contributed by atoms with van der Waals surface area (Å²) in [7, 11) is 0. The number of rotatable bonds is 1. The van der Waals surface area contributed by atoms with Crippen molar-refractivity contribution in [2.24, 2.45) is 0 Å². The third-order valence-corrected chi connectivity index (χ3v) is 3.84. The number of fused-ring (bicyclic) bond motifs is 5. The smallest absolute Gasteiger partial charge is 0.472 e. The number of benzene rings is 2. The third-order valence-electron chi connectivity index (χ3n) is 3.84. The Balaban J connectivity index is 1.99. The number of hydrogen-bond acceptors (Lipinski definition) is 4. The summed E-state index contributed by atoms with van der Waals surface area (Å²) in [5.74, 6) is -0.871. The molecule has 0 radical (unpaired) electrons. The van der Waals surface area contributed by atoms with E-state index in [-0.39, 0.29) is 11.3 Å². The highest BCUT2D eigenvalue weighted by molar-refractivity contribution is 6.10. The number of furan rings is 1. The van der Waals surface area contributed by atoms with Crippen molar-refractivity contribution in [1.29, 1.82) is 0 Å². The second-order valence-corrected chi connectivity index (χ2v) is 5.40. The minimum atomic E-state index is -4.83. The number of alkyl halides is 3. The molecular weight excluding hydrogens is 341 g/mol. The molecule has 4 rings (SSSR count). The molecule has 0 saturated heterocycles. The largest absolute Gasteiger partial charge is 0.511 e. The van der Waals surface area contributed by atoms with Gasteiger partial charge in [0, 0.05) is 16.3 Å². The summed E-state index contributed by atoms with van der Waals surface area (Å²) in [6, 6.07) is 9.87. The van der Waals surface area contributed by atoms with E-state index in [9.17, 15) is 18.0 Å². The molecule has 1 unspecified atom stereocenters. The third kappa shape index (κ3) is 2.46. The molecule has 3 aromatic rings. The summed E-state index contributed by atoms with van der Waals surface area (Å²) >= 11 is 0. The first-order valence-corrected chi connectivity index (χ1v) is 7.14. The van der Waals surface area contributed by atoms with Crippen molar-refractivity contribution >= 4 is 34.2 Å². The molecule has 25 heavy (non-hydrogen) atoms. The molecule has 8 heteroatoms. The Kier molecular flexibility index (Phi) is 3.18. The fourth-order valence-electron chi connectivity index (χ4n) is 2.88. The second-order valence-electron chi connectivity index (χ2n) is 5.40. The number of carboxylic acid groups (broad SMARTS) is 1. The van der Waals surface area contributed by atoms with Crippen molar-refractivity contribution < 1.29 is 37.0 Å². The summed E-state index contributed by atoms with van der Waals surface area (Å²) in [4.78, 5) is 10.8. The summed E-state index contributed by atoms with van der Waals surface area (Å²) in [6.45, 7) is 0. The summed E-state index contributed by atoms with van der Waals surface area (Å²) in [5, 5.41) is 9.94. The van der Waals surface area contributed by atoms with E-state index < -0.39 is 24.2 Å². The van der Waals surface area contributed by atoms with E-state index in [1.54, 1.807) is 24.3 Å². The first kappa shape index (κ1) is 15.4. The van der Waals surface area contributed by atoms with Gasteiger partial charge in [-0.3, -0.25) is 0 Å². The van der Waals surface area contributed by atoms with Crippen LogP contribution in [-0.4, -0.2) is 23.5 Å². The zero-order chi connectivity index (χ0) is 17.8. The summed E-state index contributed by atoms with van der Waals surface area (Å²) < 4.78 is 54.6. The first-order chi connectivity index (χ1) is 11.8. The van der Waals surface area contributed by atoms with E-state index in [0.717, 1.165) is 6.08 Å². The fraction of sp³-hybridized carbons (Fsp3) is 0.118. The van der Waals surface area contributed by atoms with Crippen LogP contribution in [0.5, 0.6) is 5.75 Å². The fourth-order valence-corrected chi connectivity index (χ4v) is 2.88. The summed E-state index contributed by atoms with van der Waals surface area (Å²) in [5.41, 5.74) is 1.28. The zero-order valence-electron chi connectivity index (χ0n) is 12.3. The molecule has 0 amide bonds. The molecule has 1 aliphatic heterocycles. The van der Waals surface area contributed by atoms with Gasteiger partial charge in [-0.05, 0) is 24.3 Å². The Labute approximate surface area is 137 Å². The maximum Gasteiger partial charge on any atom is 0.511 e. The van der Waals surface area contributed by atoms with Gasteiger partial charge in [-0.25, -0.2) is 4.79 Å². The van der Waals surface area contributed by atoms with Crippen molar-refractivity contribution in [2.45, 2.75) is 12.3 Å². The standard InChI is InChI=1S/C17H9F3O5/c18-17(19,20)15-13(25-16(21)22)7-9-11(24-15)5-6-12-14(9)8-3-1-2-4-10(8)23-12/h1-7,15H,(H,21,22). The average Bonchev–Trinajstić information content (AvgIpc) is 2.91. The molecule has 1 aromatic heterocycles. The van der Waals surface area contributed by atoms with Gasteiger partial charge in [0.25, 0.3) is 6.10 Å². The number of ether oxygens (including phenoxy) is 2. The Bertz CT molecular complexity index is 1030. The molecule has 1 atom stereocenters. The van der Waals surface area contributed by atoms with Crippen LogP contribution in [0.3, 0.4) is 0 Å². The van der Waals surface area contributed by atoms with Gasteiger partial charge in [0.15, 0.2) is 5.76 Å². The van der Waals surface area contributed by atoms with Gasteiger partial charge in [-0.2, -0.15) is 13.2 Å². The highest BCUT2D eigenvalue weighted by atomic mass is 19.4. The van der Waals surface area contributed by atoms with E-state index in [2.05, 4.69) is 4.74 Å². The van der Waals surface area contributed by atoms with Crippen molar-refractivity contribution in [1.82, 2.24) is 0 Å². The molecule has 0 saturated carbocycles.